The summed E-state index contributed by atoms with van der Waals surface area (Å²) in [6, 6.07) is 25.8. The van der Waals surface area contributed by atoms with Crippen molar-refractivity contribution in [2.75, 3.05) is 39.3 Å². The average molecular weight is 485 g/mol. The molecule has 0 unspecified atom stereocenters. The number of rotatable bonds is 11. The first-order valence-corrected chi connectivity index (χ1v) is 12.8. The molecular weight excluding hydrogens is 448 g/mol. The van der Waals surface area contributed by atoms with Crippen molar-refractivity contribution >= 4 is 12.0 Å². The normalized spacial score (nSPS) is 14.9. The molecule has 1 aliphatic heterocycles. The van der Waals surface area contributed by atoms with Crippen LogP contribution in [0.5, 0.6) is 0 Å². The molecule has 1 aromatic heterocycles. The van der Waals surface area contributed by atoms with Gasteiger partial charge in [-0.1, -0.05) is 66.7 Å². The number of hydroxylamine groups is 1. The predicted octanol–water partition coefficient (Wildman–Crippen LogP) is 4.64. The topological polar surface area (TPSA) is 57.7 Å². The number of hydrogen-bond donors (Lipinski definition) is 1. The SMILES string of the molecule is Cc1ccc(C=CC(=O)ONCCCCN2CCN(C(c3ccccc3)c3ccccc3)CC2)cn1. The molecule has 36 heavy (non-hydrogen) atoms. The maximum Gasteiger partial charge on any atom is 0.349 e. The average Bonchev–Trinajstić information content (AvgIpc) is 2.92. The van der Waals surface area contributed by atoms with Crippen molar-refractivity contribution in [2.45, 2.75) is 25.8 Å². The summed E-state index contributed by atoms with van der Waals surface area (Å²) in [5, 5.41) is 0. The molecule has 0 atom stereocenters. The Morgan fingerprint density at radius 2 is 1.61 bits per heavy atom. The third-order valence-corrected chi connectivity index (χ3v) is 6.52. The number of carbonyl (C=O) groups excluding carboxylic acids is 1. The van der Waals surface area contributed by atoms with E-state index >= 15 is 0 Å². The number of aromatic nitrogens is 1. The van der Waals surface area contributed by atoms with E-state index in [1.807, 2.05) is 19.1 Å². The Morgan fingerprint density at radius 1 is 0.944 bits per heavy atom. The van der Waals surface area contributed by atoms with Crippen LogP contribution in [0.15, 0.2) is 85.1 Å². The molecule has 0 bridgehead atoms. The molecule has 1 saturated heterocycles. The summed E-state index contributed by atoms with van der Waals surface area (Å²) >= 11 is 0. The summed E-state index contributed by atoms with van der Waals surface area (Å²) < 4.78 is 0. The highest BCUT2D eigenvalue weighted by Gasteiger charge is 2.26. The lowest BCUT2D eigenvalue weighted by Gasteiger charge is -2.39. The molecular formula is C30H36N4O2. The van der Waals surface area contributed by atoms with Gasteiger partial charge in [-0.2, -0.15) is 5.48 Å². The van der Waals surface area contributed by atoms with Crippen molar-refractivity contribution in [1.29, 1.82) is 0 Å². The van der Waals surface area contributed by atoms with Crippen LogP contribution in [0.1, 0.15) is 41.3 Å². The van der Waals surface area contributed by atoms with Crippen LogP contribution < -0.4 is 5.48 Å². The maximum atomic E-state index is 11.8. The number of nitrogens with one attached hydrogen (secondary N) is 1. The van der Waals surface area contributed by atoms with Crippen LogP contribution in [0.4, 0.5) is 0 Å². The van der Waals surface area contributed by atoms with Gasteiger partial charge in [0, 0.05) is 50.7 Å². The fraction of sp³-hybridized carbons (Fsp3) is 0.333. The Bertz CT molecular complexity index is 1040. The van der Waals surface area contributed by atoms with Gasteiger partial charge in [0.2, 0.25) is 0 Å². The van der Waals surface area contributed by atoms with Crippen LogP contribution in [-0.4, -0.2) is 60.0 Å². The second kappa shape index (κ2) is 13.7. The van der Waals surface area contributed by atoms with Crippen molar-refractivity contribution in [2.24, 2.45) is 0 Å². The first-order valence-electron chi connectivity index (χ1n) is 12.8. The quantitative estimate of drug-likeness (QED) is 0.243. The third kappa shape index (κ3) is 7.85. The van der Waals surface area contributed by atoms with E-state index in [1.54, 1.807) is 12.3 Å². The maximum absolute atomic E-state index is 11.8. The molecule has 0 radical (unpaired) electrons. The van der Waals surface area contributed by atoms with Gasteiger partial charge in [0.1, 0.15) is 0 Å². The number of benzene rings is 2. The van der Waals surface area contributed by atoms with Crippen LogP contribution in [0.25, 0.3) is 6.08 Å². The summed E-state index contributed by atoms with van der Waals surface area (Å²) in [7, 11) is 0. The summed E-state index contributed by atoms with van der Waals surface area (Å²) in [6.07, 6.45) is 6.87. The zero-order valence-electron chi connectivity index (χ0n) is 21.1. The van der Waals surface area contributed by atoms with E-state index in [0.29, 0.717) is 12.6 Å². The second-order valence-corrected chi connectivity index (χ2v) is 9.19. The van der Waals surface area contributed by atoms with Gasteiger partial charge in [-0.3, -0.25) is 9.88 Å². The van der Waals surface area contributed by atoms with E-state index in [4.69, 9.17) is 4.84 Å². The molecule has 2 aromatic carbocycles. The highest BCUT2D eigenvalue weighted by Crippen LogP contribution is 2.29. The molecule has 188 valence electrons. The fourth-order valence-electron chi connectivity index (χ4n) is 4.56. The first kappa shape index (κ1) is 25.8. The lowest BCUT2D eigenvalue weighted by atomic mass is 9.96. The second-order valence-electron chi connectivity index (χ2n) is 9.19. The Balaban J connectivity index is 1.14. The fourth-order valence-corrected chi connectivity index (χ4v) is 4.56. The minimum Gasteiger partial charge on any atom is -0.367 e. The standard InChI is InChI=1S/C30H36N4O2/c1-25-14-15-26(24-31-25)16-17-29(35)36-32-18-8-9-19-33-20-22-34(23-21-33)30(27-10-4-2-5-11-27)28-12-6-3-7-13-28/h2-7,10-17,24,30,32H,8-9,18-23H2,1H3. The Hall–Kier alpha value is -3.32. The van der Waals surface area contributed by atoms with Crippen LogP contribution in [-0.2, 0) is 9.63 Å². The number of unbranched alkanes of at least 4 members (excludes halogenated alkanes) is 1. The zero-order chi connectivity index (χ0) is 25.0. The molecule has 0 spiro atoms. The van der Waals surface area contributed by atoms with Gasteiger partial charge < -0.3 is 9.74 Å². The third-order valence-electron chi connectivity index (χ3n) is 6.52. The Morgan fingerprint density at radius 3 is 2.22 bits per heavy atom. The van der Waals surface area contributed by atoms with Crippen LogP contribution >= 0.6 is 0 Å². The molecule has 2 heterocycles. The van der Waals surface area contributed by atoms with Gasteiger partial charge in [0.25, 0.3) is 0 Å². The van der Waals surface area contributed by atoms with Gasteiger partial charge in [-0.25, -0.2) is 4.79 Å². The summed E-state index contributed by atoms with van der Waals surface area (Å²) in [6.45, 7) is 7.87. The minimum absolute atomic E-state index is 0.296. The van der Waals surface area contributed by atoms with Gasteiger partial charge in [0.05, 0.1) is 6.04 Å². The minimum atomic E-state index is -0.405. The van der Waals surface area contributed by atoms with E-state index in [-0.39, 0.29) is 0 Å². The van der Waals surface area contributed by atoms with E-state index in [1.165, 1.54) is 17.2 Å². The number of nitrogens with zero attached hydrogens (tertiary/aromatic N) is 3. The van der Waals surface area contributed by atoms with Crippen LogP contribution in [0.2, 0.25) is 0 Å². The predicted molar refractivity (Wildman–Crippen MR) is 144 cm³/mol. The Kier molecular flexibility index (Phi) is 9.79. The van der Waals surface area contributed by atoms with E-state index in [2.05, 4.69) is 80.9 Å². The number of piperazine rings is 1. The van der Waals surface area contributed by atoms with Crippen molar-refractivity contribution in [1.82, 2.24) is 20.3 Å². The van der Waals surface area contributed by atoms with Gasteiger partial charge in [-0.15, -0.1) is 0 Å². The van der Waals surface area contributed by atoms with Gasteiger partial charge >= 0.3 is 5.97 Å². The van der Waals surface area contributed by atoms with E-state index in [0.717, 1.165) is 56.8 Å². The number of aryl methyl sites for hydroxylation is 1. The Labute approximate surface area is 214 Å². The van der Waals surface area contributed by atoms with Crippen molar-refractivity contribution in [3.05, 3.63) is 107 Å². The number of carbonyl (C=O) groups is 1. The molecule has 6 heteroatoms. The first-order chi connectivity index (χ1) is 17.7. The molecule has 1 aliphatic rings. The largest absolute Gasteiger partial charge is 0.367 e. The molecule has 0 saturated carbocycles. The van der Waals surface area contributed by atoms with Gasteiger partial charge in [0.15, 0.2) is 0 Å². The summed E-state index contributed by atoms with van der Waals surface area (Å²) in [5.41, 5.74) is 7.30. The van der Waals surface area contributed by atoms with Gasteiger partial charge in [-0.05, 0) is 55.1 Å². The number of pyridine rings is 1. The molecule has 3 aromatic rings. The summed E-state index contributed by atoms with van der Waals surface area (Å²) in [5.74, 6) is -0.405. The number of hydrogen-bond acceptors (Lipinski definition) is 6. The van der Waals surface area contributed by atoms with E-state index in [9.17, 15) is 4.79 Å². The van der Waals surface area contributed by atoms with Crippen molar-refractivity contribution < 1.29 is 9.63 Å². The highest BCUT2D eigenvalue weighted by molar-refractivity contribution is 5.86. The molecule has 1 fully saturated rings. The monoisotopic (exact) mass is 484 g/mol. The van der Waals surface area contributed by atoms with Crippen molar-refractivity contribution in [3.63, 3.8) is 0 Å². The lowest BCUT2D eigenvalue weighted by molar-refractivity contribution is -0.144. The highest BCUT2D eigenvalue weighted by atomic mass is 16.7. The zero-order valence-corrected chi connectivity index (χ0v) is 21.1. The van der Waals surface area contributed by atoms with Crippen molar-refractivity contribution in [3.8, 4) is 0 Å². The molecule has 4 rings (SSSR count). The molecule has 0 aliphatic carbocycles. The van der Waals surface area contributed by atoms with Crippen LogP contribution in [0, 0.1) is 6.92 Å². The molecule has 0 amide bonds. The van der Waals surface area contributed by atoms with Crippen LogP contribution in [0.3, 0.4) is 0 Å². The molecule has 1 N–H and O–H groups in total. The lowest BCUT2D eigenvalue weighted by Crippen LogP contribution is -2.48. The molecule has 6 nitrogen and oxygen atoms in total. The summed E-state index contributed by atoms with van der Waals surface area (Å²) in [4.78, 5) is 26.3. The van der Waals surface area contributed by atoms with E-state index < -0.39 is 5.97 Å². The smallest absolute Gasteiger partial charge is 0.349 e.